The molecule has 2 aromatic rings. The third-order valence-corrected chi connectivity index (χ3v) is 5.00. The van der Waals surface area contributed by atoms with E-state index in [9.17, 15) is 0 Å². The molecule has 21 heavy (non-hydrogen) atoms. The van der Waals surface area contributed by atoms with E-state index in [1.807, 2.05) is 12.1 Å². The molecule has 0 atom stereocenters. The van der Waals surface area contributed by atoms with Crippen molar-refractivity contribution in [1.82, 2.24) is 10.1 Å². The third-order valence-electron chi connectivity index (χ3n) is 4.47. The number of hydrogen-bond donors (Lipinski definition) is 1. The first-order valence-electron chi connectivity index (χ1n) is 7.31. The lowest BCUT2D eigenvalue weighted by Gasteiger charge is -2.21. The number of halogens is 1. The van der Waals surface area contributed by atoms with E-state index >= 15 is 0 Å². The van der Waals surface area contributed by atoms with Gasteiger partial charge >= 0.3 is 0 Å². The third kappa shape index (κ3) is 2.64. The molecular weight excluding hydrogens is 330 g/mol. The zero-order chi connectivity index (χ0) is 15.1. The minimum Gasteiger partial charge on any atom is -0.338 e. The SMILES string of the molecule is CC(C)(c1ccc(Br)cc1)c1nc(C2(N)CCCC2)no1. The van der Waals surface area contributed by atoms with Gasteiger partial charge in [-0.2, -0.15) is 4.98 Å². The molecule has 0 spiro atoms. The van der Waals surface area contributed by atoms with Crippen LogP contribution in [0.25, 0.3) is 0 Å². The molecule has 0 saturated heterocycles. The maximum atomic E-state index is 6.40. The van der Waals surface area contributed by atoms with Gasteiger partial charge in [-0.05, 0) is 44.4 Å². The van der Waals surface area contributed by atoms with Crippen LogP contribution in [0.2, 0.25) is 0 Å². The summed E-state index contributed by atoms with van der Waals surface area (Å²) in [5.41, 5.74) is 6.80. The Morgan fingerprint density at radius 2 is 1.81 bits per heavy atom. The minimum atomic E-state index is -0.405. The Morgan fingerprint density at radius 1 is 1.19 bits per heavy atom. The molecule has 2 N–H and O–H groups in total. The van der Waals surface area contributed by atoms with Gasteiger partial charge in [0.15, 0.2) is 5.82 Å². The molecule has 3 rings (SSSR count). The lowest BCUT2D eigenvalue weighted by atomic mass is 9.84. The zero-order valence-electron chi connectivity index (χ0n) is 12.4. The molecular formula is C16H20BrN3O. The molecule has 112 valence electrons. The van der Waals surface area contributed by atoms with Gasteiger partial charge in [-0.25, -0.2) is 0 Å². The maximum Gasteiger partial charge on any atom is 0.236 e. The highest BCUT2D eigenvalue weighted by Gasteiger charge is 2.38. The van der Waals surface area contributed by atoms with E-state index in [1.165, 1.54) is 0 Å². The number of aromatic nitrogens is 2. The van der Waals surface area contributed by atoms with E-state index in [4.69, 9.17) is 10.3 Å². The van der Waals surface area contributed by atoms with Crippen molar-refractivity contribution in [3.8, 4) is 0 Å². The highest BCUT2D eigenvalue weighted by atomic mass is 79.9. The summed E-state index contributed by atoms with van der Waals surface area (Å²) in [6.07, 6.45) is 4.14. The van der Waals surface area contributed by atoms with Crippen LogP contribution in [0.3, 0.4) is 0 Å². The van der Waals surface area contributed by atoms with Gasteiger partial charge in [-0.3, -0.25) is 0 Å². The molecule has 4 nitrogen and oxygen atoms in total. The Hall–Kier alpha value is -1.20. The Balaban J connectivity index is 1.93. The quantitative estimate of drug-likeness (QED) is 0.912. The Bertz CT molecular complexity index is 627. The predicted molar refractivity (Wildman–Crippen MR) is 84.9 cm³/mol. The molecule has 0 aliphatic heterocycles. The molecule has 1 saturated carbocycles. The fraction of sp³-hybridized carbons (Fsp3) is 0.500. The van der Waals surface area contributed by atoms with Crippen molar-refractivity contribution in [1.29, 1.82) is 0 Å². The van der Waals surface area contributed by atoms with E-state index in [1.54, 1.807) is 0 Å². The lowest BCUT2D eigenvalue weighted by Crippen LogP contribution is -2.34. The Kier molecular flexibility index (Phi) is 3.66. The Labute approximate surface area is 133 Å². The number of benzene rings is 1. The smallest absolute Gasteiger partial charge is 0.236 e. The number of hydrogen-bond acceptors (Lipinski definition) is 4. The van der Waals surface area contributed by atoms with Crippen molar-refractivity contribution in [2.75, 3.05) is 0 Å². The zero-order valence-corrected chi connectivity index (χ0v) is 14.0. The van der Waals surface area contributed by atoms with E-state index in [0.717, 1.165) is 35.7 Å². The molecule has 5 heteroatoms. The highest BCUT2D eigenvalue weighted by Crippen LogP contribution is 2.37. The van der Waals surface area contributed by atoms with Crippen LogP contribution in [0, 0.1) is 0 Å². The second kappa shape index (κ2) is 5.21. The van der Waals surface area contributed by atoms with Gasteiger partial charge in [-0.15, -0.1) is 0 Å². The molecule has 0 bridgehead atoms. The van der Waals surface area contributed by atoms with E-state index in [0.29, 0.717) is 11.7 Å². The normalized spacial score (nSPS) is 18.1. The Morgan fingerprint density at radius 3 is 2.43 bits per heavy atom. The molecule has 1 aliphatic rings. The topological polar surface area (TPSA) is 64.9 Å². The van der Waals surface area contributed by atoms with Crippen LogP contribution in [0.15, 0.2) is 33.3 Å². The first kappa shape index (κ1) is 14.7. The van der Waals surface area contributed by atoms with Gasteiger partial charge < -0.3 is 10.3 Å². The van der Waals surface area contributed by atoms with Crippen LogP contribution >= 0.6 is 15.9 Å². The van der Waals surface area contributed by atoms with Crippen molar-refractivity contribution in [2.45, 2.75) is 50.5 Å². The van der Waals surface area contributed by atoms with Gasteiger partial charge in [0.25, 0.3) is 0 Å². The average molecular weight is 350 g/mol. The fourth-order valence-electron chi connectivity index (χ4n) is 2.90. The predicted octanol–water partition coefficient (Wildman–Crippen LogP) is 3.89. The van der Waals surface area contributed by atoms with Crippen LogP contribution in [0.5, 0.6) is 0 Å². The molecule has 1 heterocycles. The van der Waals surface area contributed by atoms with Crippen LogP contribution in [-0.2, 0) is 11.0 Å². The first-order valence-corrected chi connectivity index (χ1v) is 8.11. The summed E-state index contributed by atoms with van der Waals surface area (Å²) < 4.78 is 6.59. The molecule has 0 amide bonds. The fourth-order valence-corrected chi connectivity index (χ4v) is 3.16. The van der Waals surface area contributed by atoms with Gasteiger partial charge in [0.2, 0.25) is 5.89 Å². The summed E-state index contributed by atoms with van der Waals surface area (Å²) in [7, 11) is 0. The maximum absolute atomic E-state index is 6.40. The summed E-state index contributed by atoms with van der Waals surface area (Å²) in [6.45, 7) is 4.18. The van der Waals surface area contributed by atoms with Crippen LogP contribution in [0.4, 0.5) is 0 Å². The van der Waals surface area contributed by atoms with Crippen molar-refractivity contribution in [3.05, 3.63) is 46.0 Å². The molecule has 1 fully saturated rings. The summed E-state index contributed by atoms with van der Waals surface area (Å²) in [6, 6.07) is 8.19. The molecule has 0 unspecified atom stereocenters. The second-order valence-electron chi connectivity index (χ2n) is 6.42. The van der Waals surface area contributed by atoms with Gasteiger partial charge in [-0.1, -0.05) is 46.1 Å². The molecule has 1 aliphatic carbocycles. The summed E-state index contributed by atoms with van der Waals surface area (Å²) in [5, 5.41) is 4.16. The van der Waals surface area contributed by atoms with Crippen molar-refractivity contribution < 1.29 is 4.52 Å². The van der Waals surface area contributed by atoms with Crippen molar-refractivity contribution in [2.24, 2.45) is 5.73 Å². The first-order chi connectivity index (χ1) is 9.92. The number of rotatable bonds is 3. The molecule has 1 aromatic carbocycles. The minimum absolute atomic E-state index is 0.332. The molecule has 0 radical (unpaired) electrons. The second-order valence-corrected chi connectivity index (χ2v) is 7.33. The summed E-state index contributed by atoms with van der Waals surface area (Å²) in [4.78, 5) is 4.62. The van der Waals surface area contributed by atoms with Gasteiger partial charge in [0, 0.05) is 4.47 Å². The van der Waals surface area contributed by atoms with Crippen molar-refractivity contribution >= 4 is 15.9 Å². The average Bonchev–Trinajstić information content (AvgIpc) is 3.09. The van der Waals surface area contributed by atoms with Crippen LogP contribution in [0.1, 0.15) is 56.8 Å². The van der Waals surface area contributed by atoms with Crippen LogP contribution in [-0.4, -0.2) is 10.1 Å². The van der Waals surface area contributed by atoms with Crippen molar-refractivity contribution in [3.63, 3.8) is 0 Å². The monoisotopic (exact) mass is 349 g/mol. The highest BCUT2D eigenvalue weighted by molar-refractivity contribution is 9.10. The number of nitrogens with zero attached hydrogens (tertiary/aromatic N) is 2. The molecule has 1 aromatic heterocycles. The van der Waals surface area contributed by atoms with Crippen LogP contribution < -0.4 is 5.73 Å². The van der Waals surface area contributed by atoms with Gasteiger partial charge in [0.05, 0.1) is 11.0 Å². The van der Waals surface area contributed by atoms with Gasteiger partial charge in [0.1, 0.15) is 0 Å². The van der Waals surface area contributed by atoms with E-state index in [-0.39, 0.29) is 5.41 Å². The largest absolute Gasteiger partial charge is 0.338 e. The standard InChI is InChI=1S/C16H20BrN3O/c1-15(2,11-5-7-12(17)8-6-11)14-19-13(20-21-14)16(18)9-3-4-10-16/h5-8H,3-4,9-10,18H2,1-2H3. The number of nitrogens with two attached hydrogens (primary N) is 1. The summed E-state index contributed by atoms with van der Waals surface area (Å²) >= 11 is 3.46. The van der Waals surface area contributed by atoms with E-state index < -0.39 is 5.54 Å². The lowest BCUT2D eigenvalue weighted by molar-refractivity contribution is 0.318. The summed E-state index contributed by atoms with van der Waals surface area (Å²) in [5.74, 6) is 1.27. The van der Waals surface area contributed by atoms with E-state index in [2.05, 4.69) is 52.1 Å².